The summed E-state index contributed by atoms with van der Waals surface area (Å²) >= 11 is 0. The van der Waals surface area contributed by atoms with Crippen LogP contribution in [0.15, 0.2) is 4.99 Å². The second kappa shape index (κ2) is 42.1. The molecule has 0 radical (unpaired) electrons. The van der Waals surface area contributed by atoms with Gasteiger partial charge in [0.2, 0.25) is 0 Å². The SMILES string of the molecule is CC.CC.CC=NCCOCCOCCOCCOCCOCCOCCOCCOCCC(=O)CC. The number of carbonyl (C=O) groups is 1. The highest BCUT2D eigenvalue weighted by Gasteiger charge is 1.98. The first-order chi connectivity index (χ1) is 18.3. The van der Waals surface area contributed by atoms with Crippen molar-refractivity contribution in [2.24, 2.45) is 4.99 Å². The molecule has 0 heterocycles. The van der Waals surface area contributed by atoms with Crippen LogP contribution in [-0.4, -0.2) is 124 Å². The van der Waals surface area contributed by atoms with Gasteiger partial charge in [0, 0.05) is 12.8 Å². The highest BCUT2D eigenvalue weighted by Crippen LogP contribution is 1.90. The number of carbonyl (C=O) groups excluding carboxylic acids is 1. The molecule has 0 rings (SSSR count). The molecule has 0 saturated heterocycles. The van der Waals surface area contributed by atoms with Gasteiger partial charge in [0.1, 0.15) is 5.78 Å². The summed E-state index contributed by atoms with van der Waals surface area (Å²) in [7, 11) is 0. The van der Waals surface area contributed by atoms with Gasteiger partial charge in [-0.3, -0.25) is 9.79 Å². The number of nitrogens with zero attached hydrogens (tertiary/aromatic N) is 1. The van der Waals surface area contributed by atoms with E-state index >= 15 is 0 Å². The standard InChI is InChI=1S/C23H45NO9.2C2H6/c1-3-23(25)5-7-26-9-11-28-13-15-30-17-19-32-21-22-33-20-18-31-16-14-29-12-10-27-8-6-24-4-2;2*1-2/h4H,3,5-22H2,1-2H3;2*1-2H3. The van der Waals surface area contributed by atoms with Crippen LogP contribution in [0.5, 0.6) is 0 Å². The number of rotatable bonds is 28. The molecule has 0 aliphatic rings. The predicted molar refractivity (Wildman–Crippen MR) is 148 cm³/mol. The highest BCUT2D eigenvalue weighted by molar-refractivity contribution is 5.78. The molecule has 224 valence electrons. The van der Waals surface area contributed by atoms with E-state index in [-0.39, 0.29) is 5.78 Å². The quantitative estimate of drug-likeness (QED) is 0.109. The number of hydrogen-bond acceptors (Lipinski definition) is 10. The molecular formula is C27H57NO9. The van der Waals surface area contributed by atoms with Gasteiger partial charge in [0.25, 0.3) is 0 Å². The van der Waals surface area contributed by atoms with Crippen molar-refractivity contribution in [3.05, 3.63) is 0 Å². The van der Waals surface area contributed by atoms with E-state index < -0.39 is 0 Å². The largest absolute Gasteiger partial charge is 0.379 e. The molecule has 10 nitrogen and oxygen atoms in total. The minimum Gasteiger partial charge on any atom is -0.379 e. The second-order valence-electron chi connectivity index (χ2n) is 6.71. The first-order valence-electron chi connectivity index (χ1n) is 13.9. The molecule has 0 atom stereocenters. The van der Waals surface area contributed by atoms with Crippen LogP contribution in [-0.2, 0) is 42.7 Å². The van der Waals surface area contributed by atoms with Gasteiger partial charge < -0.3 is 37.9 Å². The summed E-state index contributed by atoms with van der Waals surface area (Å²) in [5.41, 5.74) is 0. The molecule has 0 aromatic rings. The molecule has 0 amide bonds. The molecule has 0 aliphatic carbocycles. The Labute approximate surface area is 226 Å². The van der Waals surface area contributed by atoms with Crippen molar-refractivity contribution in [1.82, 2.24) is 0 Å². The first-order valence-corrected chi connectivity index (χ1v) is 13.9. The third kappa shape index (κ3) is 42.4. The van der Waals surface area contributed by atoms with Crippen LogP contribution in [0, 0.1) is 0 Å². The van der Waals surface area contributed by atoms with Crippen molar-refractivity contribution in [3.8, 4) is 0 Å². The zero-order valence-electron chi connectivity index (χ0n) is 24.6. The summed E-state index contributed by atoms with van der Waals surface area (Å²) in [5, 5.41) is 0. The lowest BCUT2D eigenvalue weighted by Crippen LogP contribution is -2.15. The molecule has 0 saturated carbocycles. The van der Waals surface area contributed by atoms with Crippen LogP contribution in [0.1, 0.15) is 54.4 Å². The Balaban J connectivity index is -0.00000274. The summed E-state index contributed by atoms with van der Waals surface area (Å²) in [4.78, 5) is 15.2. The van der Waals surface area contributed by atoms with Crippen molar-refractivity contribution in [1.29, 1.82) is 0 Å². The highest BCUT2D eigenvalue weighted by atomic mass is 16.6. The normalized spacial score (nSPS) is 10.6. The van der Waals surface area contributed by atoms with Gasteiger partial charge in [0.15, 0.2) is 0 Å². The van der Waals surface area contributed by atoms with Crippen LogP contribution < -0.4 is 0 Å². The van der Waals surface area contributed by atoms with Crippen molar-refractivity contribution in [3.63, 3.8) is 0 Å². The van der Waals surface area contributed by atoms with Crippen molar-refractivity contribution >= 4 is 12.0 Å². The lowest BCUT2D eigenvalue weighted by Gasteiger charge is -2.08. The fourth-order valence-corrected chi connectivity index (χ4v) is 2.25. The van der Waals surface area contributed by atoms with E-state index in [0.29, 0.717) is 125 Å². The average molecular weight is 540 g/mol. The van der Waals surface area contributed by atoms with E-state index in [9.17, 15) is 4.79 Å². The Morgan fingerprint density at radius 3 is 1.05 bits per heavy atom. The van der Waals surface area contributed by atoms with Crippen molar-refractivity contribution in [2.75, 3.05) is 112 Å². The summed E-state index contributed by atoms with van der Waals surface area (Å²) in [6.45, 7) is 20.8. The van der Waals surface area contributed by atoms with Crippen molar-refractivity contribution < 1.29 is 42.7 Å². The van der Waals surface area contributed by atoms with E-state index in [1.807, 2.05) is 41.5 Å². The third-order valence-electron chi connectivity index (χ3n) is 4.07. The Bertz CT molecular complexity index is 427. The van der Waals surface area contributed by atoms with Gasteiger partial charge in [0.05, 0.1) is 112 Å². The summed E-state index contributed by atoms with van der Waals surface area (Å²) in [5.74, 6) is 0.219. The number of ether oxygens (including phenoxy) is 8. The molecule has 0 unspecified atom stereocenters. The lowest BCUT2D eigenvalue weighted by molar-refractivity contribution is -0.120. The van der Waals surface area contributed by atoms with E-state index in [2.05, 4.69) is 4.99 Å². The zero-order valence-corrected chi connectivity index (χ0v) is 24.6. The fraction of sp³-hybridized carbons (Fsp3) is 0.926. The van der Waals surface area contributed by atoms with Gasteiger partial charge in [-0.15, -0.1) is 0 Å². The van der Waals surface area contributed by atoms with Crippen LogP contribution in [0.2, 0.25) is 0 Å². The molecular weight excluding hydrogens is 482 g/mol. The number of Topliss-reactive ketones (excluding diaryl/α,β-unsaturated/α-hetero) is 1. The van der Waals surface area contributed by atoms with Crippen LogP contribution in [0.3, 0.4) is 0 Å². The lowest BCUT2D eigenvalue weighted by atomic mass is 10.2. The number of hydrogen-bond donors (Lipinski definition) is 0. The van der Waals surface area contributed by atoms with E-state index in [1.54, 1.807) is 6.21 Å². The first kappa shape index (κ1) is 40.5. The fourth-order valence-electron chi connectivity index (χ4n) is 2.25. The van der Waals surface area contributed by atoms with Crippen LogP contribution in [0.25, 0.3) is 0 Å². The van der Waals surface area contributed by atoms with Crippen molar-refractivity contribution in [2.45, 2.75) is 54.4 Å². The molecule has 0 aromatic carbocycles. The van der Waals surface area contributed by atoms with Gasteiger partial charge in [-0.1, -0.05) is 34.6 Å². The molecule has 10 heteroatoms. The Hall–Kier alpha value is -0.980. The summed E-state index contributed by atoms with van der Waals surface area (Å²) in [6.07, 6.45) is 2.80. The smallest absolute Gasteiger partial charge is 0.134 e. The van der Waals surface area contributed by atoms with E-state index in [0.717, 1.165) is 0 Å². The second-order valence-corrected chi connectivity index (χ2v) is 6.71. The zero-order chi connectivity index (χ0) is 28.1. The minimum atomic E-state index is 0.219. The van der Waals surface area contributed by atoms with E-state index in [4.69, 9.17) is 37.9 Å². The van der Waals surface area contributed by atoms with Crippen LogP contribution >= 0.6 is 0 Å². The molecule has 0 aromatic heterocycles. The van der Waals surface area contributed by atoms with Gasteiger partial charge >= 0.3 is 0 Å². The maximum atomic E-state index is 11.1. The average Bonchev–Trinajstić information content (AvgIpc) is 2.94. The van der Waals surface area contributed by atoms with Gasteiger partial charge in [-0.05, 0) is 13.1 Å². The molecule has 0 bridgehead atoms. The topological polar surface area (TPSA) is 103 Å². The summed E-state index contributed by atoms with van der Waals surface area (Å²) in [6, 6.07) is 0. The van der Waals surface area contributed by atoms with Gasteiger partial charge in [-0.2, -0.15) is 0 Å². The Kier molecular flexibility index (Phi) is 46.1. The molecule has 0 fully saturated rings. The number of ketones is 1. The Morgan fingerprint density at radius 2 is 0.784 bits per heavy atom. The maximum absolute atomic E-state index is 11.1. The molecule has 37 heavy (non-hydrogen) atoms. The third-order valence-corrected chi connectivity index (χ3v) is 4.07. The van der Waals surface area contributed by atoms with Crippen LogP contribution in [0.4, 0.5) is 0 Å². The summed E-state index contributed by atoms with van der Waals surface area (Å²) < 4.78 is 43.1. The number of aliphatic imine (C=N–C) groups is 1. The molecule has 0 aliphatic heterocycles. The van der Waals surface area contributed by atoms with Gasteiger partial charge in [-0.25, -0.2) is 0 Å². The maximum Gasteiger partial charge on any atom is 0.134 e. The Morgan fingerprint density at radius 1 is 0.514 bits per heavy atom. The minimum absolute atomic E-state index is 0.219. The van der Waals surface area contributed by atoms with E-state index in [1.165, 1.54) is 0 Å². The molecule has 0 spiro atoms. The monoisotopic (exact) mass is 539 g/mol. The predicted octanol–water partition coefficient (Wildman–Crippen LogP) is 3.63. The molecule has 0 N–H and O–H groups in total.